The van der Waals surface area contributed by atoms with Crippen LogP contribution in [0.3, 0.4) is 0 Å². The van der Waals surface area contributed by atoms with Crippen molar-refractivity contribution in [1.29, 1.82) is 0 Å². The highest BCUT2D eigenvalue weighted by molar-refractivity contribution is 5.86. The number of nitrogens with two attached hydrogens (primary N) is 1. The minimum atomic E-state index is -0.488. The van der Waals surface area contributed by atoms with Crippen LogP contribution in [0.2, 0.25) is 0 Å². The zero-order valence-electron chi connectivity index (χ0n) is 13.1. The summed E-state index contributed by atoms with van der Waals surface area (Å²) in [5.41, 5.74) is 8.35. The molecule has 0 saturated carbocycles. The van der Waals surface area contributed by atoms with Crippen LogP contribution < -0.4 is 5.73 Å². The summed E-state index contributed by atoms with van der Waals surface area (Å²) in [6, 6.07) is 7.84. The van der Waals surface area contributed by atoms with E-state index in [9.17, 15) is 4.79 Å². The number of nitrogens with zero attached hydrogens (tertiary/aromatic N) is 1. The maximum absolute atomic E-state index is 12.5. The predicted octanol–water partition coefficient (Wildman–Crippen LogP) is 2.68. The molecule has 0 aliphatic carbocycles. The van der Waals surface area contributed by atoms with E-state index in [2.05, 4.69) is 24.9 Å². The zero-order valence-corrected chi connectivity index (χ0v) is 13.1. The minimum Gasteiger partial charge on any atom is -0.361 e. The largest absolute Gasteiger partial charge is 0.361 e. The average Bonchev–Trinajstić information content (AvgIpc) is 2.90. The van der Waals surface area contributed by atoms with E-state index < -0.39 is 6.04 Å². The molecule has 0 spiro atoms. The van der Waals surface area contributed by atoms with Crippen molar-refractivity contribution in [1.82, 2.24) is 9.88 Å². The normalized spacial score (nSPS) is 14.1. The number of likely N-dealkylation sites (N-methyl/N-ethyl adjacent to an activating group) is 1. The van der Waals surface area contributed by atoms with E-state index in [1.165, 1.54) is 0 Å². The number of amides is 1. The zero-order chi connectivity index (χ0) is 15.4. The number of aromatic amines is 1. The fraction of sp³-hybridized carbons (Fsp3) is 0.471. The van der Waals surface area contributed by atoms with E-state index in [0.29, 0.717) is 13.0 Å². The molecule has 0 saturated heterocycles. The minimum absolute atomic E-state index is 0.0390. The topological polar surface area (TPSA) is 62.1 Å². The van der Waals surface area contributed by atoms with Gasteiger partial charge < -0.3 is 15.6 Å². The van der Waals surface area contributed by atoms with Crippen molar-refractivity contribution in [3.8, 4) is 0 Å². The standard InChI is InChI=1S/C17H25N3O/c1-4-12(3)20(5-2)17(21)15(18)10-13-11-19-16-9-7-6-8-14(13)16/h6-9,11-12,15,19H,4-5,10,18H2,1-3H3. The van der Waals surface area contributed by atoms with Crippen LogP contribution in [0.4, 0.5) is 0 Å². The molecule has 4 heteroatoms. The molecule has 2 unspecified atom stereocenters. The summed E-state index contributed by atoms with van der Waals surface area (Å²) in [7, 11) is 0. The number of nitrogens with one attached hydrogen (secondary N) is 1. The molecule has 3 N–H and O–H groups in total. The van der Waals surface area contributed by atoms with Gasteiger partial charge in [-0.1, -0.05) is 25.1 Å². The maximum atomic E-state index is 12.5. The third kappa shape index (κ3) is 3.27. The Labute approximate surface area is 126 Å². The molecule has 2 aromatic rings. The molecule has 0 aliphatic heterocycles. The molecule has 0 aliphatic rings. The first-order chi connectivity index (χ1) is 10.1. The first-order valence-electron chi connectivity index (χ1n) is 7.69. The van der Waals surface area contributed by atoms with Crippen molar-refractivity contribution in [2.45, 2.75) is 45.7 Å². The number of carbonyl (C=O) groups excluding carboxylic acids is 1. The number of para-hydroxylation sites is 1. The molecule has 2 atom stereocenters. The van der Waals surface area contributed by atoms with Crippen molar-refractivity contribution < 1.29 is 4.79 Å². The molecule has 0 bridgehead atoms. The van der Waals surface area contributed by atoms with E-state index >= 15 is 0 Å². The molecule has 1 aromatic heterocycles. The Kier molecular flexibility index (Phi) is 5.02. The van der Waals surface area contributed by atoms with Crippen LogP contribution >= 0.6 is 0 Å². The fourth-order valence-electron chi connectivity index (χ4n) is 2.74. The summed E-state index contributed by atoms with van der Waals surface area (Å²) in [5.74, 6) is 0.0390. The van der Waals surface area contributed by atoms with E-state index in [4.69, 9.17) is 5.73 Å². The van der Waals surface area contributed by atoms with Gasteiger partial charge >= 0.3 is 0 Å². The number of H-pyrrole nitrogens is 1. The van der Waals surface area contributed by atoms with Gasteiger partial charge in [-0.3, -0.25) is 4.79 Å². The Morgan fingerprint density at radius 2 is 2.05 bits per heavy atom. The third-order valence-corrected chi connectivity index (χ3v) is 4.18. The van der Waals surface area contributed by atoms with Gasteiger partial charge in [0.15, 0.2) is 0 Å². The molecular weight excluding hydrogens is 262 g/mol. The summed E-state index contributed by atoms with van der Waals surface area (Å²) in [4.78, 5) is 17.6. The second-order valence-electron chi connectivity index (χ2n) is 5.55. The van der Waals surface area contributed by atoms with Gasteiger partial charge in [-0.05, 0) is 38.3 Å². The van der Waals surface area contributed by atoms with Crippen LogP contribution in [-0.2, 0) is 11.2 Å². The lowest BCUT2D eigenvalue weighted by molar-refractivity contribution is -0.134. The molecule has 4 nitrogen and oxygen atoms in total. The Morgan fingerprint density at radius 3 is 2.71 bits per heavy atom. The van der Waals surface area contributed by atoms with Gasteiger partial charge in [0.1, 0.15) is 0 Å². The van der Waals surface area contributed by atoms with E-state index in [0.717, 1.165) is 22.9 Å². The Hall–Kier alpha value is -1.81. The van der Waals surface area contributed by atoms with Crippen molar-refractivity contribution in [2.75, 3.05) is 6.54 Å². The highest BCUT2D eigenvalue weighted by Gasteiger charge is 2.24. The molecule has 2 rings (SSSR count). The lowest BCUT2D eigenvalue weighted by Gasteiger charge is -2.29. The summed E-state index contributed by atoms with van der Waals surface area (Å²) in [6.07, 6.45) is 3.46. The van der Waals surface area contributed by atoms with Crippen molar-refractivity contribution in [3.63, 3.8) is 0 Å². The smallest absolute Gasteiger partial charge is 0.240 e. The molecule has 114 valence electrons. The van der Waals surface area contributed by atoms with Crippen LogP contribution in [0.1, 0.15) is 32.8 Å². The van der Waals surface area contributed by atoms with E-state index in [-0.39, 0.29) is 11.9 Å². The van der Waals surface area contributed by atoms with Crippen molar-refractivity contribution in [2.24, 2.45) is 5.73 Å². The second kappa shape index (κ2) is 6.76. The monoisotopic (exact) mass is 287 g/mol. The summed E-state index contributed by atoms with van der Waals surface area (Å²) in [6.45, 7) is 6.86. The number of benzene rings is 1. The number of aromatic nitrogens is 1. The molecule has 1 amide bonds. The molecule has 1 aromatic carbocycles. The van der Waals surface area contributed by atoms with Gasteiger partial charge in [0.2, 0.25) is 5.91 Å². The van der Waals surface area contributed by atoms with Gasteiger partial charge in [0.05, 0.1) is 6.04 Å². The SMILES string of the molecule is CCC(C)N(CC)C(=O)C(N)Cc1c[nH]c2ccccc12. The van der Waals surface area contributed by atoms with E-state index in [1.807, 2.05) is 36.2 Å². The molecule has 21 heavy (non-hydrogen) atoms. The second-order valence-corrected chi connectivity index (χ2v) is 5.55. The number of rotatable bonds is 6. The summed E-state index contributed by atoms with van der Waals surface area (Å²) >= 11 is 0. The van der Waals surface area contributed by atoms with Gasteiger partial charge in [0.25, 0.3) is 0 Å². The number of fused-ring (bicyclic) bond motifs is 1. The summed E-state index contributed by atoms with van der Waals surface area (Å²) in [5, 5.41) is 1.15. The lowest BCUT2D eigenvalue weighted by Crippen LogP contribution is -2.48. The quantitative estimate of drug-likeness (QED) is 0.858. The van der Waals surface area contributed by atoms with Gasteiger partial charge in [-0.25, -0.2) is 0 Å². The fourth-order valence-corrected chi connectivity index (χ4v) is 2.74. The lowest BCUT2D eigenvalue weighted by atomic mass is 10.0. The van der Waals surface area contributed by atoms with Crippen LogP contribution in [0.25, 0.3) is 10.9 Å². The van der Waals surface area contributed by atoms with Crippen LogP contribution in [0.5, 0.6) is 0 Å². The summed E-state index contributed by atoms with van der Waals surface area (Å²) < 4.78 is 0. The third-order valence-electron chi connectivity index (χ3n) is 4.18. The Bertz CT molecular complexity index is 605. The van der Waals surface area contributed by atoms with Crippen LogP contribution in [-0.4, -0.2) is 34.4 Å². The van der Waals surface area contributed by atoms with Crippen molar-refractivity contribution >= 4 is 16.8 Å². The Morgan fingerprint density at radius 1 is 1.33 bits per heavy atom. The maximum Gasteiger partial charge on any atom is 0.240 e. The molecule has 0 fully saturated rings. The first kappa shape index (κ1) is 15.6. The number of carbonyl (C=O) groups is 1. The Balaban J connectivity index is 2.13. The first-order valence-corrected chi connectivity index (χ1v) is 7.69. The van der Waals surface area contributed by atoms with Gasteiger partial charge in [0, 0.05) is 29.7 Å². The van der Waals surface area contributed by atoms with Gasteiger partial charge in [-0.2, -0.15) is 0 Å². The number of hydrogen-bond donors (Lipinski definition) is 2. The average molecular weight is 287 g/mol. The molecular formula is C17H25N3O. The van der Waals surface area contributed by atoms with Crippen LogP contribution in [0, 0.1) is 0 Å². The predicted molar refractivity (Wildman–Crippen MR) is 87.1 cm³/mol. The van der Waals surface area contributed by atoms with E-state index in [1.54, 1.807) is 0 Å². The van der Waals surface area contributed by atoms with Crippen LogP contribution in [0.15, 0.2) is 30.5 Å². The highest BCUT2D eigenvalue weighted by Crippen LogP contribution is 2.19. The molecule has 1 heterocycles. The van der Waals surface area contributed by atoms with Crippen molar-refractivity contribution in [3.05, 3.63) is 36.0 Å². The molecule has 0 radical (unpaired) electrons. The van der Waals surface area contributed by atoms with Gasteiger partial charge in [-0.15, -0.1) is 0 Å². The highest BCUT2D eigenvalue weighted by atomic mass is 16.2. The number of hydrogen-bond acceptors (Lipinski definition) is 2.